The Kier molecular flexibility index (Phi) is 6.33. The molecule has 5 nitrogen and oxygen atoms in total. The minimum absolute atomic E-state index is 0.126. The largest absolute Gasteiger partial charge is 0.497 e. The fourth-order valence-corrected chi connectivity index (χ4v) is 4.50. The van der Waals surface area contributed by atoms with Crippen LogP contribution in [0.4, 0.5) is 0 Å². The van der Waals surface area contributed by atoms with Gasteiger partial charge in [-0.25, -0.2) is 0 Å². The quantitative estimate of drug-likeness (QED) is 0.635. The maximum atomic E-state index is 12.9. The molecule has 1 amide bonds. The van der Waals surface area contributed by atoms with Crippen molar-refractivity contribution in [1.29, 1.82) is 0 Å². The Balaban J connectivity index is 1.47. The van der Waals surface area contributed by atoms with Crippen LogP contribution in [0.3, 0.4) is 0 Å². The molecule has 31 heavy (non-hydrogen) atoms. The van der Waals surface area contributed by atoms with Gasteiger partial charge in [-0.2, -0.15) is 0 Å². The summed E-state index contributed by atoms with van der Waals surface area (Å²) in [7, 11) is 3.41. The highest BCUT2D eigenvalue weighted by atomic mass is 16.5. The monoisotopic (exact) mass is 415 g/mol. The molecule has 1 atom stereocenters. The van der Waals surface area contributed by atoms with Crippen molar-refractivity contribution in [3.63, 3.8) is 0 Å². The second-order valence-corrected chi connectivity index (χ2v) is 8.28. The average Bonchev–Trinajstić information content (AvgIpc) is 3.23. The van der Waals surface area contributed by atoms with Gasteiger partial charge in [0.2, 0.25) is 5.91 Å². The van der Waals surface area contributed by atoms with Crippen LogP contribution in [-0.4, -0.2) is 43.0 Å². The molecule has 1 unspecified atom stereocenters. The van der Waals surface area contributed by atoms with Crippen LogP contribution >= 0.6 is 0 Å². The standard InChI is InChI=1S/C26H29N3O2/c1-27-25(30)26(13-15-29(19-26)18-21-7-11-24(31-2)12-8-21)16-20-5-9-22(10-6-20)23-4-3-14-28-17-23/h3-12,14,17H,13,15-16,18-19H2,1-2H3,(H,27,30). The summed E-state index contributed by atoms with van der Waals surface area (Å²) < 4.78 is 5.25. The summed E-state index contributed by atoms with van der Waals surface area (Å²) >= 11 is 0. The minimum atomic E-state index is -0.406. The molecule has 2 aromatic carbocycles. The van der Waals surface area contributed by atoms with E-state index in [1.807, 2.05) is 24.4 Å². The van der Waals surface area contributed by atoms with Crippen molar-refractivity contribution in [2.45, 2.75) is 19.4 Å². The molecule has 0 bridgehead atoms. The van der Waals surface area contributed by atoms with Gasteiger partial charge in [-0.05, 0) is 59.8 Å². The molecule has 5 heteroatoms. The lowest BCUT2D eigenvalue weighted by Crippen LogP contribution is -2.43. The van der Waals surface area contributed by atoms with Gasteiger partial charge in [0.25, 0.3) is 0 Å². The number of nitrogens with one attached hydrogen (secondary N) is 1. The number of rotatable bonds is 7. The lowest BCUT2D eigenvalue weighted by atomic mass is 9.79. The number of methoxy groups -OCH3 is 1. The first-order chi connectivity index (χ1) is 15.1. The van der Waals surface area contributed by atoms with Crippen molar-refractivity contribution in [2.24, 2.45) is 5.41 Å². The third kappa shape index (κ3) is 4.78. The zero-order valence-electron chi connectivity index (χ0n) is 18.2. The van der Waals surface area contributed by atoms with Crippen LogP contribution in [0.15, 0.2) is 73.1 Å². The van der Waals surface area contributed by atoms with E-state index in [-0.39, 0.29) is 5.91 Å². The number of likely N-dealkylation sites (tertiary alicyclic amines) is 1. The van der Waals surface area contributed by atoms with Gasteiger partial charge in [-0.1, -0.05) is 42.5 Å². The highest BCUT2D eigenvalue weighted by Gasteiger charge is 2.44. The minimum Gasteiger partial charge on any atom is -0.497 e. The van der Waals surface area contributed by atoms with Crippen LogP contribution in [0.5, 0.6) is 5.75 Å². The van der Waals surface area contributed by atoms with Crippen LogP contribution in [0.25, 0.3) is 11.1 Å². The summed E-state index contributed by atoms with van der Waals surface area (Å²) in [5.74, 6) is 0.987. The smallest absolute Gasteiger partial charge is 0.227 e. The summed E-state index contributed by atoms with van der Waals surface area (Å²) in [5.41, 5.74) is 4.24. The van der Waals surface area contributed by atoms with E-state index in [1.54, 1.807) is 20.4 Å². The molecule has 3 aromatic rings. The Morgan fingerprint density at radius 3 is 2.45 bits per heavy atom. The maximum Gasteiger partial charge on any atom is 0.227 e. The highest BCUT2D eigenvalue weighted by molar-refractivity contribution is 5.83. The molecule has 160 valence electrons. The lowest BCUT2D eigenvalue weighted by Gasteiger charge is -2.28. The lowest BCUT2D eigenvalue weighted by molar-refractivity contribution is -0.130. The number of amides is 1. The van der Waals surface area contributed by atoms with Crippen molar-refractivity contribution >= 4 is 5.91 Å². The Hall–Kier alpha value is -3.18. The van der Waals surface area contributed by atoms with Crippen LogP contribution in [0.2, 0.25) is 0 Å². The summed E-state index contributed by atoms with van der Waals surface area (Å²) in [4.78, 5) is 19.5. The average molecular weight is 416 g/mol. The SMILES string of the molecule is CNC(=O)C1(Cc2ccc(-c3cccnc3)cc2)CCN(Cc2ccc(OC)cc2)C1. The number of benzene rings is 2. The number of carbonyl (C=O) groups excluding carboxylic acids is 1. The van der Waals surface area contributed by atoms with Gasteiger partial charge < -0.3 is 10.1 Å². The second kappa shape index (κ2) is 9.31. The molecule has 1 aromatic heterocycles. The van der Waals surface area contributed by atoms with Crippen molar-refractivity contribution < 1.29 is 9.53 Å². The molecule has 0 spiro atoms. The highest BCUT2D eigenvalue weighted by Crippen LogP contribution is 2.36. The van der Waals surface area contributed by atoms with E-state index in [0.717, 1.165) is 49.4 Å². The molecule has 1 N–H and O–H groups in total. The fourth-order valence-electron chi connectivity index (χ4n) is 4.50. The molecule has 4 rings (SSSR count). The van der Waals surface area contributed by atoms with E-state index in [4.69, 9.17) is 4.74 Å². The first kappa shape index (κ1) is 21.1. The van der Waals surface area contributed by atoms with E-state index in [9.17, 15) is 4.79 Å². The third-order valence-electron chi connectivity index (χ3n) is 6.20. The zero-order valence-corrected chi connectivity index (χ0v) is 18.2. The van der Waals surface area contributed by atoms with Crippen LogP contribution < -0.4 is 10.1 Å². The molecular weight excluding hydrogens is 386 g/mol. The maximum absolute atomic E-state index is 12.9. The second-order valence-electron chi connectivity index (χ2n) is 8.28. The molecule has 2 heterocycles. The van der Waals surface area contributed by atoms with Gasteiger partial charge >= 0.3 is 0 Å². The van der Waals surface area contributed by atoms with E-state index in [1.165, 1.54) is 11.1 Å². The van der Waals surface area contributed by atoms with Gasteiger partial charge in [0.15, 0.2) is 0 Å². The number of hydrogen-bond acceptors (Lipinski definition) is 4. The normalized spacial score (nSPS) is 18.6. The number of aromatic nitrogens is 1. The molecule has 1 aliphatic heterocycles. The van der Waals surface area contributed by atoms with Crippen LogP contribution in [-0.2, 0) is 17.8 Å². The van der Waals surface area contributed by atoms with Gasteiger partial charge in [0, 0.05) is 32.5 Å². The Morgan fingerprint density at radius 1 is 1.06 bits per heavy atom. The van der Waals surface area contributed by atoms with E-state index in [0.29, 0.717) is 0 Å². The third-order valence-corrected chi connectivity index (χ3v) is 6.20. The summed E-state index contributed by atoms with van der Waals surface area (Å²) in [6.45, 7) is 2.50. The Labute approximate surface area is 184 Å². The van der Waals surface area contributed by atoms with E-state index < -0.39 is 5.41 Å². The van der Waals surface area contributed by atoms with Gasteiger partial charge in [-0.15, -0.1) is 0 Å². The molecular formula is C26H29N3O2. The molecule has 1 aliphatic rings. The number of carbonyl (C=O) groups is 1. The zero-order chi connectivity index (χ0) is 21.7. The topological polar surface area (TPSA) is 54.5 Å². The Morgan fingerprint density at radius 2 is 1.81 bits per heavy atom. The summed E-state index contributed by atoms with van der Waals surface area (Å²) in [6, 6.07) is 20.7. The van der Waals surface area contributed by atoms with Crippen molar-refractivity contribution in [3.8, 4) is 16.9 Å². The summed E-state index contributed by atoms with van der Waals surface area (Å²) in [5, 5.41) is 2.91. The number of nitrogens with zero attached hydrogens (tertiary/aromatic N) is 2. The molecule has 1 saturated heterocycles. The fraction of sp³-hybridized carbons (Fsp3) is 0.308. The number of pyridine rings is 1. The molecule has 1 fully saturated rings. The van der Waals surface area contributed by atoms with E-state index in [2.05, 4.69) is 57.7 Å². The Bertz CT molecular complexity index is 1000. The van der Waals surface area contributed by atoms with Crippen molar-refractivity contribution in [1.82, 2.24) is 15.2 Å². The number of hydrogen-bond donors (Lipinski definition) is 1. The van der Waals surface area contributed by atoms with Crippen LogP contribution in [0, 0.1) is 5.41 Å². The van der Waals surface area contributed by atoms with Crippen LogP contribution in [0.1, 0.15) is 17.5 Å². The summed E-state index contributed by atoms with van der Waals surface area (Å²) in [6.07, 6.45) is 5.24. The first-order valence-corrected chi connectivity index (χ1v) is 10.7. The van der Waals surface area contributed by atoms with Gasteiger partial charge in [0.1, 0.15) is 5.75 Å². The van der Waals surface area contributed by atoms with Crippen molar-refractivity contribution in [3.05, 3.63) is 84.2 Å². The predicted octanol–water partition coefficient (Wildman–Crippen LogP) is 3.94. The molecule has 0 radical (unpaired) electrons. The van der Waals surface area contributed by atoms with Gasteiger partial charge in [0.05, 0.1) is 12.5 Å². The number of ether oxygens (including phenoxy) is 1. The molecule has 0 saturated carbocycles. The van der Waals surface area contributed by atoms with Crippen molar-refractivity contribution in [2.75, 3.05) is 27.2 Å². The molecule has 0 aliphatic carbocycles. The van der Waals surface area contributed by atoms with Gasteiger partial charge in [-0.3, -0.25) is 14.7 Å². The first-order valence-electron chi connectivity index (χ1n) is 10.7. The predicted molar refractivity (Wildman–Crippen MR) is 123 cm³/mol. The van der Waals surface area contributed by atoms with E-state index >= 15 is 0 Å².